The lowest BCUT2D eigenvalue weighted by Gasteiger charge is -2.18. The minimum atomic E-state index is -0.179. The molecular formula is C18H18N2O4. The Bertz CT molecular complexity index is 773. The number of carbonyl (C=O) groups excluding carboxylic acids is 2. The van der Waals surface area contributed by atoms with E-state index in [1.165, 1.54) is 7.11 Å². The van der Waals surface area contributed by atoms with E-state index < -0.39 is 0 Å². The van der Waals surface area contributed by atoms with E-state index in [9.17, 15) is 9.59 Å². The van der Waals surface area contributed by atoms with Crippen LogP contribution >= 0.6 is 0 Å². The van der Waals surface area contributed by atoms with Crippen molar-refractivity contribution in [2.24, 2.45) is 0 Å². The van der Waals surface area contributed by atoms with Crippen molar-refractivity contribution >= 4 is 17.5 Å². The average Bonchev–Trinajstić information content (AvgIpc) is 2.61. The van der Waals surface area contributed by atoms with Crippen LogP contribution in [0.2, 0.25) is 0 Å². The normalized spacial score (nSPS) is 12.6. The molecule has 2 aromatic rings. The van der Waals surface area contributed by atoms with Crippen molar-refractivity contribution in [1.82, 2.24) is 5.32 Å². The summed E-state index contributed by atoms with van der Waals surface area (Å²) >= 11 is 0. The van der Waals surface area contributed by atoms with Crippen LogP contribution in [0.25, 0.3) is 0 Å². The molecule has 0 aromatic heterocycles. The summed E-state index contributed by atoms with van der Waals surface area (Å²) < 4.78 is 10.5. The number of anilines is 1. The summed E-state index contributed by atoms with van der Waals surface area (Å²) in [5.74, 6) is 0.867. The van der Waals surface area contributed by atoms with Gasteiger partial charge in [0.25, 0.3) is 11.8 Å². The van der Waals surface area contributed by atoms with E-state index in [0.717, 1.165) is 5.56 Å². The van der Waals surface area contributed by atoms with Gasteiger partial charge in [0.1, 0.15) is 11.5 Å². The van der Waals surface area contributed by atoms with Gasteiger partial charge < -0.3 is 20.1 Å². The summed E-state index contributed by atoms with van der Waals surface area (Å²) in [7, 11) is 1.54. The van der Waals surface area contributed by atoms with Gasteiger partial charge in [0.2, 0.25) is 0 Å². The predicted octanol–water partition coefficient (Wildman–Crippen LogP) is 2.00. The summed E-state index contributed by atoms with van der Waals surface area (Å²) in [6.45, 7) is 0.520. The number of nitrogens with one attached hydrogen (secondary N) is 2. The van der Waals surface area contributed by atoms with Gasteiger partial charge >= 0.3 is 0 Å². The van der Waals surface area contributed by atoms with E-state index >= 15 is 0 Å². The molecule has 0 spiro atoms. The van der Waals surface area contributed by atoms with Crippen LogP contribution < -0.4 is 20.1 Å². The molecular weight excluding hydrogens is 308 g/mol. The average molecular weight is 326 g/mol. The van der Waals surface area contributed by atoms with Gasteiger partial charge in [0, 0.05) is 6.54 Å². The van der Waals surface area contributed by atoms with Gasteiger partial charge in [-0.15, -0.1) is 0 Å². The third-order valence-electron chi connectivity index (χ3n) is 3.73. The molecule has 2 aromatic carbocycles. The number of ether oxygens (including phenoxy) is 2. The number of methoxy groups -OCH3 is 1. The smallest absolute Gasteiger partial charge is 0.262 e. The summed E-state index contributed by atoms with van der Waals surface area (Å²) in [5.41, 5.74) is 2.17. The molecule has 6 heteroatoms. The fourth-order valence-electron chi connectivity index (χ4n) is 2.53. The highest BCUT2D eigenvalue weighted by Crippen LogP contribution is 2.28. The van der Waals surface area contributed by atoms with Crippen LogP contribution in [-0.2, 0) is 11.2 Å². The number of hydrogen-bond acceptors (Lipinski definition) is 4. The number of hydrogen-bond donors (Lipinski definition) is 2. The van der Waals surface area contributed by atoms with Crippen molar-refractivity contribution in [3.05, 3.63) is 53.6 Å². The van der Waals surface area contributed by atoms with Gasteiger partial charge in [-0.2, -0.15) is 0 Å². The third kappa shape index (κ3) is 3.48. The summed E-state index contributed by atoms with van der Waals surface area (Å²) in [6.07, 6.45) is 0.643. The fourth-order valence-corrected chi connectivity index (χ4v) is 2.53. The lowest BCUT2D eigenvalue weighted by Crippen LogP contribution is -2.27. The molecule has 3 rings (SSSR count). The minimum Gasteiger partial charge on any atom is -0.496 e. The van der Waals surface area contributed by atoms with E-state index in [1.807, 2.05) is 24.3 Å². The minimum absolute atomic E-state index is 0.0430. The second kappa shape index (κ2) is 7.04. The molecule has 1 heterocycles. The van der Waals surface area contributed by atoms with Crippen LogP contribution in [0.5, 0.6) is 11.5 Å². The second-order valence-corrected chi connectivity index (χ2v) is 5.37. The predicted molar refractivity (Wildman–Crippen MR) is 89.6 cm³/mol. The lowest BCUT2D eigenvalue weighted by atomic mass is 10.1. The Morgan fingerprint density at radius 2 is 2.12 bits per heavy atom. The SMILES string of the molecule is COc1ccccc1C(=O)NCCc1ccc2c(c1)NC(=O)CO2. The van der Waals surface area contributed by atoms with E-state index in [2.05, 4.69) is 10.6 Å². The first-order valence-electron chi connectivity index (χ1n) is 7.64. The molecule has 0 atom stereocenters. The molecule has 0 radical (unpaired) electrons. The number of carbonyl (C=O) groups is 2. The number of fused-ring (bicyclic) bond motifs is 1. The Morgan fingerprint density at radius 3 is 2.96 bits per heavy atom. The third-order valence-corrected chi connectivity index (χ3v) is 3.73. The lowest BCUT2D eigenvalue weighted by molar-refractivity contribution is -0.118. The molecule has 0 unspecified atom stereocenters. The first-order valence-corrected chi connectivity index (χ1v) is 7.64. The Labute approximate surface area is 139 Å². The molecule has 1 aliphatic rings. The fraction of sp³-hybridized carbons (Fsp3) is 0.222. The molecule has 2 amide bonds. The molecule has 1 aliphatic heterocycles. The van der Waals surface area contributed by atoms with Gasteiger partial charge in [-0.05, 0) is 36.2 Å². The largest absolute Gasteiger partial charge is 0.496 e. The summed E-state index contributed by atoms with van der Waals surface area (Å²) in [4.78, 5) is 23.6. The quantitative estimate of drug-likeness (QED) is 0.881. The molecule has 6 nitrogen and oxygen atoms in total. The van der Waals surface area contributed by atoms with E-state index in [4.69, 9.17) is 9.47 Å². The highest BCUT2D eigenvalue weighted by atomic mass is 16.5. The maximum absolute atomic E-state index is 12.2. The molecule has 0 aliphatic carbocycles. The van der Waals surface area contributed by atoms with Crippen LogP contribution in [0, 0.1) is 0 Å². The number of rotatable bonds is 5. The zero-order valence-electron chi connectivity index (χ0n) is 13.3. The number of amides is 2. The van der Waals surface area contributed by atoms with Crippen molar-refractivity contribution in [2.75, 3.05) is 25.6 Å². The van der Waals surface area contributed by atoms with Gasteiger partial charge in [-0.3, -0.25) is 9.59 Å². The monoisotopic (exact) mass is 326 g/mol. The van der Waals surface area contributed by atoms with Crippen molar-refractivity contribution in [2.45, 2.75) is 6.42 Å². The molecule has 0 saturated heterocycles. The Hall–Kier alpha value is -3.02. The molecule has 0 bridgehead atoms. The van der Waals surface area contributed by atoms with Gasteiger partial charge in [0.15, 0.2) is 6.61 Å². The Kier molecular flexibility index (Phi) is 4.65. The van der Waals surface area contributed by atoms with Crippen LogP contribution in [0.1, 0.15) is 15.9 Å². The first kappa shape index (κ1) is 15.9. The molecule has 0 fully saturated rings. The van der Waals surface area contributed by atoms with E-state index in [0.29, 0.717) is 35.7 Å². The molecule has 2 N–H and O–H groups in total. The standard InChI is InChI=1S/C18H18N2O4/c1-23-15-5-3-2-4-13(15)18(22)19-9-8-12-6-7-16-14(10-12)20-17(21)11-24-16/h2-7,10H,8-9,11H2,1H3,(H,19,22)(H,20,21). The van der Waals surface area contributed by atoms with Crippen molar-refractivity contribution < 1.29 is 19.1 Å². The molecule has 24 heavy (non-hydrogen) atoms. The highest BCUT2D eigenvalue weighted by Gasteiger charge is 2.16. The second-order valence-electron chi connectivity index (χ2n) is 5.37. The van der Waals surface area contributed by atoms with Crippen molar-refractivity contribution in [3.8, 4) is 11.5 Å². The van der Waals surface area contributed by atoms with Crippen LogP contribution in [-0.4, -0.2) is 32.1 Å². The van der Waals surface area contributed by atoms with Gasteiger partial charge in [-0.25, -0.2) is 0 Å². The summed E-state index contributed by atoms with van der Waals surface area (Å²) in [5, 5.41) is 5.65. The van der Waals surface area contributed by atoms with Gasteiger partial charge in [0.05, 0.1) is 18.4 Å². The molecule has 124 valence electrons. The zero-order valence-corrected chi connectivity index (χ0v) is 13.3. The Morgan fingerprint density at radius 1 is 1.29 bits per heavy atom. The number of benzene rings is 2. The van der Waals surface area contributed by atoms with Crippen molar-refractivity contribution in [1.29, 1.82) is 0 Å². The first-order chi connectivity index (χ1) is 11.7. The van der Waals surface area contributed by atoms with Crippen LogP contribution in [0.15, 0.2) is 42.5 Å². The zero-order chi connectivity index (χ0) is 16.9. The summed E-state index contributed by atoms with van der Waals surface area (Å²) in [6, 6.07) is 12.7. The van der Waals surface area contributed by atoms with E-state index in [1.54, 1.807) is 18.2 Å². The van der Waals surface area contributed by atoms with E-state index in [-0.39, 0.29) is 18.4 Å². The van der Waals surface area contributed by atoms with Crippen molar-refractivity contribution in [3.63, 3.8) is 0 Å². The topological polar surface area (TPSA) is 76.7 Å². The number of para-hydroxylation sites is 1. The Balaban J connectivity index is 1.59. The highest BCUT2D eigenvalue weighted by molar-refractivity contribution is 5.97. The van der Waals surface area contributed by atoms with Crippen LogP contribution in [0.4, 0.5) is 5.69 Å². The van der Waals surface area contributed by atoms with Crippen LogP contribution in [0.3, 0.4) is 0 Å². The maximum Gasteiger partial charge on any atom is 0.262 e. The van der Waals surface area contributed by atoms with Gasteiger partial charge in [-0.1, -0.05) is 18.2 Å². The molecule has 0 saturated carbocycles. The maximum atomic E-state index is 12.2.